The number of aromatic nitrogens is 2. The quantitative estimate of drug-likeness (QED) is 0.876. The Balaban J connectivity index is 1.92. The Kier molecular flexibility index (Phi) is 4.65. The third-order valence-electron chi connectivity index (χ3n) is 3.41. The summed E-state index contributed by atoms with van der Waals surface area (Å²) in [5.74, 6) is 1.05. The highest BCUT2D eigenvalue weighted by Crippen LogP contribution is 2.17. The van der Waals surface area contributed by atoms with Gasteiger partial charge in [0.05, 0.1) is 18.3 Å². The molecule has 0 spiro atoms. The molecule has 0 aliphatic rings. The number of nitrogens with one attached hydrogen (secondary N) is 1. The Labute approximate surface area is 121 Å². The molecular formula is C16H25N3O. The molecule has 0 aromatic carbocycles. The molecule has 4 heteroatoms. The van der Waals surface area contributed by atoms with Gasteiger partial charge < -0.3 is 14.3 Å². The van der Waals surface area contributed by atoms with Gasteiger partial charge in [0, 0.05) is 30.7 Å². The van der Waals surface area contributed by atoms with Gasteiger partial charge in [0.2, 0.25) is 0 Å². The largest absolute Gasteiger partial charge is 0.469 e. The molecule has 20 heavy (non-hydrogen) atoms. The summed E-state index contributed by atoms with van der Waals surface area (Å²) in [5, 5.41) is 3.51. The van der Waals surface area contributed by atoms with Gasteiger partial charge in [-0.25, -0.2) is 4.98 Å². The summed E-state index contributed by atoms with van der Waals surface area (Å²) in [7, 11) is 0. The third kappa shape index (κ3) is 4.23. The van der Waals surface area contributed by atoms with Gasteiger partial charge in [-0.2, -0.15) is 0 Å². The van der Waals surface area contributed by atoms with Crippen LogP contribution in [0.25, 0.3) is 0 Å². The van der Waals surface area contributed by atoms with Crippen LogP contribution in [0.5, 0.6) is 0 Å². The van der Waals surface area contributed by atoms with Crippen molar-refractivity contribution in [3.8, 4) is 0 Å². The van der Waals surface area contributed by atoms with E-state index in [9.17, 15) is 0 Å². The molecule has 0 bridgehead atoms. The lowest BCUT2D eigenvalue weighted by molar-refractivity contribution is 0.401. The summed E-state index contributed by atoms with van der Waals surface area (Å²) in [5.41, 5.74) is 1.35. The molecule has 2 aromatic rings. The standard InChI is InChI=1S/C16H25N3O/c1-13(7-8-15-6-5-9-20-15)19-12-17-10-14(19)11-18-16(2,3)4/h5-6,9-10,12-13,18H,7-8,11H2,1-4H3. The summed E-state index contributed by atoms with van der Waals surface area (Å²) in [4.78, 5) is 4.29. The van der Waals surface area contributed by atoms with E-state index in [0.717, 1.165) is 25.1 Å². The molecule has 0 radical (unpaired) electrons. The van der Waals surface area contributed by atoms with E-state index in [-0.39, 0.29) is 5.54 Å². The van der Waals surface area contributed by atoms with Crippen molar-refractivity contribution in [2.75, 3.05) is 0 Å². The SMILES string of the molecule is CC(CCc1ccco1)n1cncc1CNC(C)(C)C. The molecule has 2 heterocycles. The van der Waals surface area contributed by atoms with Gasteiger partial charge in [0.15, 0.2) is 0 Å². The normalized spacial score (nSPS) is 13.6. The first kappa shape index (κ1) is 14.9. The van der Waals surface area contributed by atoms with Crippen LogP contribution in [-0.4, -0.2) is 15.1 Å². The number of rotatable bonds is 6. The number of hydrogen-bond acceptors (Lipinski definition) is 3. The molecule has 0 amide bonds. The summed E-state index contributed by atoms with van der Waals surface area (Å²) >= 11 is 0. The smallest absolute Gasteiger partial charge is 0.103 e. The van der Waals surface area contributed by atoms with E-state index >= 15 is 0 Å². The van der Waals surface area contributed by atoms with E-state index in [1.165, 1.54) is 5.69 Å². The molecule has 4 nitrogen and oxygen atoms in total. The molecule has 0 fully saturated rings. The molecule has 0 aliphatic heterocycles. The lowest BCUT2D eigenvalue weighted by Crippen LogP contribution is -2.35. The molecule has 0 saturated carbocycles. The number of nitrogens with zero attached hydrogens (tertiary/aromatic N) is 2. The number of hydrogen-bond donors (Lipinski definition) is 1. The van der Waals surface area contributed by atoms with Crippen molar-refractivity contribution in [1.29, 1.82) is 0 Å². The number of imidazole rings is 1. The molecule has 2 rings (SSSR count). The molecule has 0 aliphatic carbocycles. The number of furan rings is 1. The molecule has 1 N–H and O–H groups in total. The molecule has 1 atom stereocenters. The van der Waals surface area contributed by atoms with E-state index in [1.54, 1.807) is 6.26 Å². The minimum absolute atomic E-state index is 0.118. The molecule has 2 aromatic heterocycles. The van der Waals surface area contributed by atoms with Crippen LogP contribution in [0.2, 0.25) is 0 Å². The fourth-order valence-electron chi connectivity index (χ4n) is 2.17. The Hall–Kier alpha value is -1.55. The first-order valence-electron chi connectivity index (χ1n) is 7.24. The highest BCUT2D eigenvalue weighted by Gasteiger charge is 2.13. The van der Waals surface area contributed by atoms with Gasteiger partial charge in [-0.1, -0.05) is 0 Å². The van der Waals surface area contributed by atoms with Crippen molar-refractivity contribution >= 4 is 0 Å². The fraction of sp³-hybridized carbons (Fsp3) is 0.562. The van der Waals surface area contributed by atoms with Crippen molar-refractivity contribution < 1.29 is 4.42 Å². The zero-order valence-corrected chi connectivity index (χ0v) is 12.9. The van der Waals surface area contributed by atoms with Crippen molar-refractivity contribution in [1.82, 2.24) is 14.9 Å². The van der Waals surface area contributed by atoms with Crippen LogP contribution in [-0.2, 0) is 13.0 Å². The Morgan fingerprint density at radius 1 is 1.40 bits per heavy atom. The van der Waals surface area contributed by atoms with Gasteiger partial charge in [0.1, 0.15) is 5.76 Å². The predicted octanol–water partition coefficient (Wildman–Crippen LogP) is 3.56. The highest BCUT2D eigenvalue weighted by molar-refractivity contribution is 5.02. The van der Waals surface area contributed by atoms with Gasteiger partial charge in [-0.05, 0) is 46.2 Å². The number of aryl methyl sites for hydroxylation is 1. The first-order chi connectivity index (χ1) is 9.46. The van der Waals surface area contributed by atoms with Gasteiger partial charge in [-0.15, -0.1) is 0 Å². The van der Waals surface area contributed by atoms with E-state index in [4.69, 9.17) is 4.42 Å². The zero-order chi connectivity index (χ0) is 14.6. The monoisotopic (exact) mass is 275 g/mol. The average molecular weight is 275 g/mol. The summed E-state index contributed by atoms with van der Waals surface area (Å²) in [6.45, 7) is 9.59. The lowest BCUT2D eigenvalue weighted by atomic mass is 10.1. The Bertz CT molecular complexity index is 508. The summed E-state index contributed by atoms with van der Waals surface area (Å²) in [6, 6.07) is 4.39. The van der Waals surface area contributed by atoms with Crippen molar-refractivity contribution in [3.05, 3.63) is 42.4 Å². The van der Waals surface area contributed by atoms with Crippen LogP contribution in [0, 0.1) is 0 Å². The van der Waals surface area contributed by atoms with Crippen molar-refractivity contribution in [3.63, 3.8) is 0 Å². The highest BCUT2D eigenvalue weighted by atomic mass is 16.3. The van der Waals surface area contributed by atoms with Crippen LogP contribution >= 0.6 is 0 Å². The Morgan fingerprint density at radius 3 is 2.85 bits per heavy atom. The topological polar surface area (TPSA) is 43.0 Å². The van der Waals surface area contributed by atoms with E-state index in [0.29, 0.717) is 6.04 Å². The molecular weight excluding hydrogens is 250 g/mol. The van der Waals surface area contributed by atoms with Crippen LogP contribution in [0.3, 0.4) is 0 Å². The lowest BCUT2D eigenvalue weighted by Gasteiger charge is -2.22. The van der Waals surface area contributed by atoms with Crippen LogP contribution in [0.15, 0.2) is 35.3 Å². The second kappa shape index (κ2) is 6.27. The minimum Gasteiger partial charge on any atom is -0.469 e. The minimum atomic E-state index is 0.118. The first-order valence-corrected chi connectivity index (χ1v) is 7.24. The zero-order valence-electron chi connectivity index (χ0n) is 12.9. The fourth-order valence-corrected chi connectivity index (χ4v) is 2.17. The van der Waals surface area contributed by atoms with Gasteiger partial charge >= 0.3 is 0 Å². The van der Waals surface area contributed by atoms with Crippen LogP contribution in [0.4, 0.5) is 0 Å². The third-order valence-corrected chi connectivity index (χ3v) is 3.41. The maximum absolute atomic E-state index is 5.39. The van der Waals surface area contributed by atoms with Crippen LogP contribution in [0.1, 0.15) is 51.6 Å². The van der Waals surface area contributed by atoms with Crippen molar-refractivity contribution in [2.45, 2.75) is 58.7 Å². The maximum Gasteiger partial charge on any atom is 0.103 e. The van der Waals surface area contributed by atoms with Crippen molar-refractivity contribution in [2.24, 2.45) is 0 Å². The second-order valence-corrected chi connectivity index (χ2v) is 6.36. The molecule has 1 unspecified atom stereocenters. The molecule has 0 saturated heterocycles. The second-order valence-electron chi connectivity index (χ2n) is 6.36. The maximum atomic E-state index is 5.39. The van der Waals surface area contributed by atoms with Gasteiger partial charge in [0.25, 0.3) is 0 Å². The average Bonchev–Trinajstić information content (AvgIpc) is 3.03. The van der Waals surface area contributed by atoms with Gasteiger partial charge in [-0.3, -0.25) is 0 Å². The van der Waals surface area contributed by atoms with Crippen LogP contribution < -0.4 is 5.32 Å². The predicted molar refractivity (Wildman–Crippen MR) is 80.6 cm³/mol. The Morgan fingerprint density at radius 2 is 2.20 bits per heavy atom. The molecule has 110 valence electrons. The van der Waals surface area contributed by atoms with E-state index < -0.39 is 0 Å². The van der Waals surface area contributed by atoms with E-state index in [1.807, 2.05) is 24.7 Å². The van der Waals surface area contributed by atoms with E-state index in [2.05, 4.69) is 42.6 Å². The summed E-state index contributed by atoms with van der Waals surface area (Å²) in [6.07, 6.45) is 7.61. The summed E-state index contributed by atoms with van der Waals surface area (Å²) < 4.78 is 7.64.